The van der Waals surface area contributed by atoms with E-state index in [0.29, 0.717) is 0 Å². The second kappa shape index (κ2) is 21.3. The molecule has 0 bridgehead atoms. The van der Waals surface area contributed by atoms with Crippen molar-refractivity contribution in [3.8, 4) is 0 Å². The van der Waals surface area contributed by atoms with Gasteiger partial charge in [0.05, 0.1) is 0 Å². The Morgan fingerprint density at radius 1 is 0.556 bits per heavy atom. The van der Waals surface area contributed by atoms with Crippen LogP contribution in [0, 0.1) is 0 Å². The van der Waals surface area contributed by atoms with Gasteiger partial charge in [-0.3, -0.25) is 0 Å². The lowest BCUT2D eigenvalue weighted by atomic mass is 10.3. The summed E-state index contributed by atoms with van der Waals surface area (Å²) in [6.45, 7) is 30.6. The van der Waals surface area contributed by atoms with Crippen LogP contribution in [0.3, 0.4) is 0 Å². The van der Waals surface area contributed by atoms with Crippen LogP contribution in [-0.4, -0.2) is 0 Å². The third kappa shape index (κ3) is 333. The Hall–Kier alpha value is -1.04. The molecule has 0 aliphatic rings. The Kier molecular flexibility index (Phi) is 30.4. The molecule has 0 heterocycles. The van der Waals surface area contributed by atoms with Gasteiger partial charge in [-0.05, 0) is 54.4 Å². The van der Waals surface area contributed by atoms with Crippen LogP contribution in [0.25, 0.3) is 0 Å². The lowest BCUT2D eigenvalue weighted by Crippen LogP contribution is -1.58. The molecule has 0 radical (unpaired) electrons. The normalized spacial score (nSPS) is 7.11. The van der Waals surface area contributed by atoms with Crippen molar-refractivity contribution < 1.29 is 0 Å². The molecule has 0 unspecified atom stereocenters. The minimum atomic E-state index is 1.11. The SMILES string of the molecule is C=C(C)C.C=C(C)C.C=C(C)CC.C=C(C)CC. The molecule has 0 rings (SSSR count). The van der Waals surface area contributed by atoms with Crippen molar-refractivity contribution in [2.24, 2.45) is 0 Å². The Labute approximate surface area is 117 Å². The fourth-order valence-corrected chi connectivity index (χ4v) is 0. The van der Waals surface area contributed by atoms with Gasteiger partial charge < -0.3 is 0 Å². The second-order valence-corrected chi connectivity index (χ2v) is 5.04. The number of hydrogen-bond acceptors (Lipinski definition) is 0. The first-order chi connectivity index (χ1) is 8.00. The van der Waals surface area contributed by atoms with Gasteiger partial charge in [0, 0.05) is 0 Å². The van der Waals surface area contributed by atoms with E-state index < -0.39 is 0 Å². The van der Waals surface area contributed by atoms with Crippen LogP contribution in [0.2, 0.25) is 0 Å². The van der Waals surface area contributed by atoms with Crippen LogP contribution in [0.5, 0.6) is 0 Å². The van der Waals surface area contributed by atoms with Crippen molar-refractivity contribution >= 4 is 0 Å². The maximum Gasteiger partial charge on any atom is -0.0354 e. The summed E-state index contributed by atoms with van der Waals surface area (Å²) in [7, 11) is 0. The van der Waals surface area contributed by atoms with Crippen molar-refractivity contribution in [2.45, 2.75) is 68.2 Å². The van der Waals surface area contributed by atoms with Crippen molar-refractivity contribution in [2.75, 3.05) is 0 Å². The van der Waals surface area contributed by atoms with Crippen LogP contribution in [0.1, 0.15) is 68.2 Å². The molecule has 0 aliphatic heterocycles. The number of allylic oxidation sites excluding steroid dienone is 4. The zero-order chi connectivity index (χ0) is 15.7. The van der Waals surface area contributed by atoms with Gasteiger partial charge in [0.1, 0.15) is 0 Å². The first-order valence-electron chi connectivity index (χ1n) is 6.54. The van der Waals surface area contributed by atoms with Crippen molar-refractivity contribution in [1.29, 1.82) is 0 Å². The Balaban J connectivity index is -0.0000000731. The summed E-state index contributed by atoms with van der Waals surface area (Å²) in [6, 6.07) is 0. The standard InChI is InChI=1S/2C5H10.2C4H8/c2*1-4-5(2)3;2*1-4(2)3/h2*2,4H2,1,3H3;2*1H2,2-3H3. The summed E-state index contributed by atoms with van der Waals surface area (Å²) < 4.78 is 0. The van der Waals surface area contributed by atoms with Crippen LogP contribution in [-0.2, 0) is 0 Å². The molecule has 0 atom stereocenters. The van der Waals surface area contributed by atoms with E-state index in [9.17, 15) is 0 Å². The molecule has 108 valence electrons. The lowest BCUT2D eigenvalue weighted by molar-refractivity contribution is 1.11. The van der Waals surface area contributed by atoms with E-state index in [1.54, 1.807) is 0 Å². The fourth-order valence-electron chi connectivity index (χ4n) is 0. The first kappa shape index (κ1) is 25.7. The van der Waals surface area contributed by atoms with Gasteiger partial charge >= 0.3 is 0 Å². The molecule has 0 fully saturated rings. The molecular weight excluding hydrogens is 216 g/mol. The van der Waals surface area contributed by atoms with Gasteiger partial charge in [0.15, 0.2) is 0 Å². The zero-order valence-electron chi connectivity index (χ0n) is 14.2. The summed E-state index contributed by atoms with van der Waals surface area (Å²) >= 11 is 0. The van der Waals surface area contributed by atoms with E-state index in [1.807, 2.05) is 41.5 Å². The van der Waals surface area contributed by atoms with E-state index >= 15 is 0 Å². The predicted octanol–water partition coefficient (Wildman–Crippen LogP) is 7.11. The van der Waals surface area contributed by atoms with Gasteiger partial charge in [-0.15, -0.1) is 26.3 Å². The van der Waals surface area contributed by atoms with Crippen LogP contribution in [0.15, 0.2) is 48.6 Å². The molecule has 0 aliphatic carbocycles. The fraction of sp³-hybridized carbons (Fsp3) is 0.556. The van der Waals surface area contributed by atoms with E-state index in [-0.39, 0.29) is 0 Å². The Morgan fingerprint density at radius 2 is 0.611 bits per heavy atom. The van der Waals surface area contributed by atoms with Crippen molar-refractivity contribution in [3.05, 3.63) is 48.6 Å². The molecular formula is C18H36. The summed E-state index contributed by atoms with van der Waals surface area (Å²) in [5.41, 5.74) is 4.84. The highest BCUT2D eigenvalue weighted by atomic mass is 13.7. The monoisotopic (exact) mass is 252 g/mol. The molecule has 0 heteroatoms. The number of rotatable bonds is 2. The van der Waals surface area contributed by atoms with E-state index in [4.69, 9.17) is 0 Å². The van der Waals surface area contributed by atoms with Crippen LogP contribution in [0.4, 0.5) is 0 Å². The second-order valence-electron chi connectivity index (χ2n) is 5.04. The van der Waals surface area contributed by atoms with Crippen LogP contribution < -0.4 is 0 Å². The van der Waals surface area contributed by atoms with Crippen molar-refractivity contribution in [3.63, 3.8) is 0 Å². The highest BCUT2D eigenvalue weighted by Crippen LogP contribution is 1.89. The molecule has 0 nitrogen and oxygen atoms in total. The molecule has 0 amide bonds. The molecule has 0 aromatic rings. The average Bonchev–Trinajstić information content (AvgIpc) is 2.16. The third-order valence-electron chi connectivity index (χ3n) is 1.21. The molecule has 0 saturated carbocycles. The molecule has 18 heavy (non-hydrogen) atoms. The minimum absolute atomic E-state index is 1.11. The molecule has 0 aromatic heterocycles. The smallest absolute Gasteiger partial charge is 0.0354 e. The van der Waals surface area contributed by atoms with Gasteiger partial charge in [-0.1, -0.05) is 36.1 Å². The van der Waals surface area contributed by atoms with E-state index in [2.05, 4.69) is 40.2 Å². The zero-order valence-corrected chi connectivity index (χ0v) is 14.2. The van der Waals surface area contributed by atoms with E-state index in [0.717, 1.165) is 12.8 Å². The Bertz CT molecular complexity index is 194. The van der Waals surface area contributed by atoms with Crippen LogP contribution >= 0.6 is 0 Å². The largest absolute Gasteiger partial charge is 0.100 e. The topological polar surface area (TPSA) is 0 Å². The molecule has 0 N–H and O–H groups in total. The van der Waals surface area contributed by atoms with Gasteiger partial charge in [0.2, 0.25) is 0 Å². The van der Waals surface area contributed by atoms with Gasteiger partial charge in [0.25, 0.3) is 0 Å². The predicted molar refractivity (Wildman–Crippen MR) is 91.2 cm³/mol. The summed E-state index contributed by atoms with van der Waals surface area (Å²) in [4.78, 5) is 0. The van der Waals surface area contributed by atoms with Gasteiger partial charge in [-0.2, -0.15) is 0 Å². The maximum absolute atomic E-state index is 3.67. The number of hydrogen-bond donors (Lipinski definition) is 0. The summed E-state index contributed by atoms with van der Waals surface area (Å²) in [6.07, 6.45) is 2.22. The molecule has 0 saturated heterocycles. The lowest BCUT2D eigenvalue weighted by Gasteiger charge is -1.79. The Morgan fingerprint density at radius 3 is 0.611 bits per heavy atom. The third-order valence-corrected chi connectivity index (χ3v) is 1.21. The van der Waals surface area contributed by atoms with Crippen molar-refractivity contribution in [1.82, 2.24) is 0 Å². The highest BCUT2D eigenvalue weighted by molar-refractivity contribution is 4.85. The summed E-state index contributed by atoms with van der Waals surface area (Å²) in [5.74, 6) is 0. The quantitative estimate of drug-likeness (QED) is 0.459. The molecule has 0 aromatic carbocycles. The maximum atomic E-state index is 3.67. The highest BCUT2D eigenvalue weighted by Gasteiger charge is 1.68. The minimum Gasteiger partial charge on any atom is -0.100 e. The van der Waals surface area contributed by atoms with Gasteiger partial charge in [-0.25, -0.2) is 0 Å². The average molecular weight is 252 g/mol. The molecule has 0 spiro atoms. The summed E-state index contributed by atoms with van der Waals surface area (Å²) in [5, 5.41) is 0. The van der Waals surface area contributed by atoms with E-state index in [1.165, 1.54) is 22.3 Å². The first-order valence-corrected chi connectivity index (χ1v) is 6.54.